The van der Waals surface area contributed by atoms with Crippen molar-refractivity contribution in [2.45, 2.75) is 19.5 Å². The summed E-state index contributed by atoms with van der Waals surface area (Å²) in [7, 11) is 7.26. The van der Waals surface area contributed by atoms with Crippen LogP contribution in [0.5, 0.6) is 5.75 Å². The lowest BCUT2D eigenvalue weighted by Crippen LogP contribution is -2.37. The van der Waals surface area contributed by atoms with Crippen LogP contribution in [0.15, 0.2) is 47.5 Å². The van der Waals surface area contributed by atoms with E-state index in [4.69, 9.17) is 4.74 Å². The first-order chi connectivity index (χ1) is 13.0. The maximum atomic E-state index is 13.9. The molecule has 2 aromatic carbocycles. The Morgan fingerprint density at radius 2 is 1.78 bits per heavy atom. The van der Waals surface area contributed by atoms with E-state index < -0.39 is 0 Å². The number of ether oxygens (including phenoxy) is 1. The molecule has 0 aromatic heterocycles. The third-order valence-electron chi connectivity index (χ3n) is 4.15. The summed E-state index contributed by atoms with van der Waals surface area (Å²) in [4.78, 5) is 6.20. The fourth-order valence-corrected chi connectivity index (χ4v) is 2.72. The average molecular weight is 372 g/mol. The summed E-state index contributed by atoms with van der Waals surface area (Å²) < 4.78 is 19.0. The van der Waals surface area contributed by atoms with Gasteiger partial charge in [0.25, 0.3) is 0 Å². The van der Waals surface area contributed by atoms with Crippen LogP contribution in [0.3, 0.4) is 0 Å². The highest BCUT2D eigenvalue weighted by atomic mass is 19.1. The summed E-state index contributed by atoms with van der Waals surface area (Å²) in [5, 5.41) is 6.57. The minimum absolute atomic E-state index is 0.172. The first kappa shape index (κ1) is 20.7. The van der Waals surface area contributed by atoms with Gasteiger partial charge in [0, 0.05) is 32.2 Å². The number of rotatable bonds is 8. The molecule has 6 heteroatoms. The zero-order chi connectivity index (χ0) is 19.6. The zero-order valence-electron chi connectivity index (χ0n) is 16.6. The molecule has 2 aromatic rings. The summed E-state index contributed by atoms with van der Waals surface area (Å²) in [5.41, 5.74) is 2.94. The molecule has 0 bridgehead atoms. The van der Waals surface area contributed by atoms with Gasteiger partial charge in [0.05, 0.1) is 7.11 Å². The molecule has 2 N–H and O–H groups in total. The number of aliphatic imine (C=N–C) groups is 1. The molecule has 27 heavy (non-hydrogen) atoms. The van der Waals surface area contributed by atoms with E-state index >= 15 is 0 Å². The minimum atomic E-state index is -0.172. The van der Waals surface area contributed by atoms with Crippen molar-refractivity contribution in [3.63, 3.8) is 0 Å². The Balaban J connectivity index is 1.82. The Bertz CT molecular complexity index is 744. The lowest BCUT2D eigenvalue weighted by molar-refractivity contribution is 0.392. The van der Waals surface area contributed by atoms with Crippen LogP contribution in [0.2, 0.25) is 0 Å². The van der Waals surface area contributed by atoms with Gasteiger partial charge in [-0.05, 0) is 55.9 Å². The monoisotopic (exact) mass is 372 g/mol. The van der Waals surface area contributed by atoms with Crippen molar-refractivity contribution < 1.29 is 9.13 Å². The van der Waals surface area contributed by atoms with E-state index in [1.807, 2.05) is 37.2 Å². The van der Waals surface area contributed by atoms with Gasteiger partial charge in [-0.15, -0.1) is 0 Å². The van der Waals surface area contributed by atoms with E-state index in [2.05, 4.69) is 27.8 Å². The Kier molecular flexibility index (Phi) is 8.07. The fraction of sp³-hybridized carbons (Fsp3) is 0.381. The van der Waals surface area contributed by atoms with E-state index in [1.165, 1.54) is 11.6 Å². The maximum absolute atomic E-state index is 13.9. The number of guanidine groups is 1. The molecule has 0 unspecified atom stereocenters. The minimum Gasteiger partial charge on any atom is -0.497 e. The Labute approximate surface area is 161 Å². The number of methoxy groups -OCH3 is 1. The number of nitrogens with zero attached hydrogens (tertiary/aromatic N) is 2. The van der Waals surface area contributed by atoms with Gasteiger partial charge in [0.2, 0.25) is 0 Å². The van der Waals surface area contributed by atoms with Gasteiger partial charge in [-0.1, -0.05) is 18.2 Å². The molecule has 5 nitrogen and oxygen atoms in total. The van der Waals surface area contributed by atoms with Gasteiger partial charge in [0.1, 0.15) is 11.6 Å². The van der Waals surface area contributed by atoms with Crippen LogP contribution in [-0.2, 0) is 19.5 Å². The van der Waals surface area contributed by atoms with Crippen LogP contribution in [0.4, 0.5) is 4.39 Å². The topological polar surface area (TPSA) is 48.9 Å². The van der Waals surface area contributed by atoms with Crippen molar-refractivity contribution >= 4 is 5.96 Å². The van der Waals surface area contributed by atoms with Gasteiger partial charge < -0.3 is 20.3 Å². The third kappa shape index (κ3) is 6.90. The molecule has 0 amide bonds. The third-order valence-corrected chi connectivity index (χ3v) is 4.15. The molecule has 2 rings (SSSR count). The van der Waals surface area contributed by atoms with E-state index in [-0.39, 0.29) is 5.82 Å². The van der Waals surface area contributed by atoms with Crippen molar-refractivity contribution in [3.05, 3.63) is 65.0 Å². The number of hydrogen-bond acceptors (Lipinski definition) is 3. The number of hydrogen-bond donors (Lipinski definition) is 2. The summed E-state index contributed by atoms with van der Waals surface area (Å²) in [6.45, 7) is 1.93. The van der Waals surface area contributed by atoms with Gasteiger partial charge >= 0.3 is 0 Å². The highest BCUT2D eigenvalue weighted by Crippen LogP contribution is 2.13. The fourth-order valence-electron chi connectivity index (χ4n) is 2.72. The van der Waals surface area contributed by atoms with E-state index in [0.29, 0.717) is 18.7 Å². The largest absolute Gasteiger partial charge is 0.497 e. The Morgan fingerprint density at radius 1 is 1.07 bits per heavy atom. The first-order valence-corrected chi connectivity index (χ1v) is 9.01. The molecule has 0 fully saturated rings. The number of benzene rings is 2. The summed E-state index contributed by atoms with van der Waals surface area (Å²) in [6, 6.07) is 13.3. The molecular formula is C21H29FN4O. The van der Waals surface area contributed by atoms with E-state index in [1.54, 1.807) is 20.2 Å². The molecule has 0 spiro atoms. The van der Waals surface area contributed by atoms with Crippen molar-refractivity contribution in [1.29, 1.82) is 0 Å². The Morgan fingerprint density at radius 3 is 2.41 bits per heavy atom. The molecule has 0 aliphatic carbocycles. The van der Waals surface area contributed by atoms with Crippen molar-refractivity contribution in [2.24, 2.45) is 4.99 Å². The van der Waals surface area contributed by atoms with Crippen molar-refractivity contribution in [3.8, 4) is 5.75 Å². The highest BCUT2D eigenvalue weighted by molar-refractivity contribution is 5.79. The van der Waals surface area contributed by atoms with Crippen LogP contribution in [-0.4, -0.2) is 45.7 Å². The first-order valence-electron chi connectivity index (χ1n) is 9.01. The average Bonchev–Trinajstić information content (AvgIpc) is 2.67. The smallest absolute Gasteiger partial charge is 0.191 e. The van der Waals surface area contributed by atoms with Gasteiger partial charge in [-0.25, -0.2) is 4.39 Å². The van der Waals surface area contributed by atoms with Crippen LogP contribution in [0.25, 0.3) is 0 Å². The standard InChI is InChI=1S/C21H29FN4O/c1-23-21(24-12-11-16-5-8-19(27-4)9-6-16)25-14-17-7-10-20(22)18(13-17)15-26(2)3/h5-10,13H,11-12,14-15H2,1-4H3,(H2,23,24,25). The molecule has 146 valence electrons. The molecule has 0 aliphatic heterocycles. The lowest BCUT2D eigenvalue weighted by Gasteiger charge is -2.14. The van der Waals surface area contributed by atoms with Gasteiger partial charge in [0.15, 0.2) is 5.96 Å². The van der Waals surface area contributed by atoms with Crippen LogP contribution in [0.1, 0.15) is 16.7 Å². The quantitative estimate of drug-likeness (QED) is 0.553. The summed E-state index contributed by atoms with van der Waals surface area (Å²) in [6.07, 6.45) is 0.883. The lowest BCUT2D eigenvalue weighted by atomic mass is 10.1. The predicted octanol–water partition coefficient (Wildman–Crippen LogP) is 2.80. The molecule has 0 saturated heterocycles. The van der Waals surface area contributed by atoms with Crippen LogP contribution in [0, 0.1) is 5.82 Å². The molecule has 0 atom stereocenters. The van der Waals surface area contributed by atoms with Crippen LogP contribution >= 0.6 is 0 Å². The van der Waals surface area contributed by atoms with Crippen molar-refractivity contribution in [1.82, 2.24) is 15.5 Å². The SMILES string of the molecule is CN=C(NCCc1ccc(OC)cc1)NCc1ccc(F)c(CN(C)C)c1. The van der Waals surface area contributed by atoms with Crippen molar-refractivity contribution in [2.75, 3.05) is 34.8 Å². The highest BCUT2D eigenvalue weighted by Gasteiger charge is 2.06. The molecule has 0 heterocycles. The van der Waals surface area contributed by atoms with Gasteiger partial charge in [-0.2, -0.15) is 0 Å². The molecule has 0 saturated carbocycles. The second kappa shape index (κ2) is 10.5. The maximum Gasteiger partial charge on any atom is 0.191 e. The molecule has 0 aliphatic rings. The zero-order valence-corrected chi connectivity index (χ0v) is 16.6. The summed E-state index contributed by atoms with van der Waals surface area (Å²) in [5.74, 6) is 1.41. The molecule has 0 radical (unpaired) electrons. The Hall–Kier alpha value is -2.60. The second-order valence-corrected chi connectivity index (χ2v) is 6.61. The van der Waals surface area contributed by atoms with E-state index in [9.17, 15) is 4.39 Å². The second-order valence-electron chi connectivity index (χ2n) is 6.61. The van der Waals surface area contributed by atoms with Crippen LogP contribution < -0.4 is 15.4 Å². The number of nitrogens with one attached hydrogen (secondary N) is 2. The molecular weight excluding hydrogens is 343 g/mol. The number of halogens is 1. The van der Waals surface area contributed by atoms with E-state index in [0.717, 1.165) is 30.2 Å². The predicted molar refractivity (Wildman–Crippen MR) is 109 cm³/mol. The normalized spacial score (nSPS) is 11.6. The van der Waals surface area contributed by atoms with Gasteiger partial charge in [-0.3, -0.25) is 4.99 Å². The summed E-state index contributed by atoms with van der Waals surface area (Å²) >= 11 is 0.